The Balaban J connectivity index is 2.40. The molecular formula is C17H12N2O6. The number of benzene rings is 2. The average Bonchev–Trinajstić information content (AvgIpc) is 2.89. The topological polar surface area (TPSA) is 133 Å². The lowest BCUT2D eigenvalue weighted by molar-refractivity contribution is -0.122. The van der Waals surface area contributed by atoms with Crippen molar-refractivity contribution in [1.82, 2.24) is 10.6 Å². The fourth-order valence-corrected chi connectivity index (χ4v) is 2.97. The molecular weight excluding hydrogens is 328 g/mol. The van der Waals surface area contributed by atoms with Crippen molar-refractivity contribution in [1.29, 1.82) is 0 Å². The van der Waals surface area contributed by atoms with Crippen molar-refractivity contribution in [3.8, 4) is 0 Å². The second-order valence-electron chi connectivity index (χ2n) is 5.36. The quantitative estimate of drug-likeness (QED) is 0.618. The first-order valence-corrected chi connectivity index (χ1v) is 7.17. The summed E-state index contributed by atoms with van der Waals surface area (Å²) in [5.74, 6) is -3.46. The highest BCUT2D eigenvalue weighted by atomic mass is 16.4. The van der Waals surface area contributed by atoms with Crippen molar-refractivity contribution in [3.63, 3.8) is 0 Å². The van der Waals surface area contributed by atoms with Crippen LogP contribution < -0.4 is 10.6 Å². The highest BCUT2D eigenvalue weighted by molar-refractivity contribution is 6.12. The SMILES string of the molecule is O=C1NC(=O)C(c2ccccc2C(=O)O)(c2ccccc2C(=O)O)N1. The number of amides is 3. The van der Waals surface area contributed by atoms with E-state index in [1.54, 1.807) is 0 Å². The predicted octanol–water partition coefficient (Wildman–Crippen LogP) is 1.17. The molecule has 0 bridgehead atoms. The molecule has 1 aliphatic heterocycles. The number of imide groups is 1. The fraction of sp³-hybridized carbons (Fsp3) is 0.0588. The van der Waals surface area contributed by atoms with Gasteiger partial charge in [-0.3, -0.25) is 10.1 Å². The van der Waals surface area contributed by atoms with Crippen LogP contribution in [0.4, 0.5) is 4.79 Å². The van der Waals surface area contributed by atoms with Crippen LogP contribution >= 0.6 is 0 Å². The minimum absolute atomic E-state index is 0.0282. The van der Waals surface area contributed by atoms with Crippen LogP contribution in [-0.2, 0) is 10.3 Å². The predicted molar refractivity (Wildman–Crippen MR) is 84.3 cm³/mol. The third kappa shape index (κ3) is 2.40. The maximum absolute atomic E-state index is 12.7. The van der Waals surface area contributed by atoms with Gasteiger partial charge in [0.2, 0.25) is 0 Å². The molecule has 0 atom stereocenters. The maximum Gasteiger partial charge on any atom is 0.336 e. The Morgan fingerprint density at radius 2 is 1.24 bits per heavy atom. The smallest absolute Gasteiger partial charge is 0.336 e. The highest BCUT2D eigenvalue weighted by Gasteiger charge is 2.52. The molecule has 2 aromatic rings. The van der Waals surface area contributed by atoms with E-state index in [0.717, 1.165) is 0 Å². The molecule has 0 spiro atoms. The van der Waals surface area contributed by atoms with Crippen molar-refractivity contribution in [2.45, 2.75) is 5.54 Å². The maximum atomic E-state index is 12.7. The molecule has 0 aliphatic carbocycles. The molecule has 3 amide bonds. The van der Waals surface area contributed by atoms with Gasteiger partial charge in [-0.2, -0.15) is 0 Å². The van der Waals surface area contributed by atoms with E-state index >= 15 is 0 Å². The number of rotatable bonds is 4. The summed E-state index contributed by atoms with van der Waals surface area (Å²) >= 11 is 0. The zero-order valence-electron chi connectivity index (χ0n) is 12.6. The lowest BCUT2D eigenvalue weighted by Gasteiger charge is -2.29. The van der Waals surface area contributed by atoms with Gasteiger partial charge in [-0.05, 0) is 12.1 Å². The van der Waals surface area contributed by atoms with Gasteiger partial charge in [0, 0.05) is 11.1 Å². The molecule has 1 heterocycles. The summed E-state index contributed by atoms with van der Waals surface area (Å²) in [5, 5.41) is 23.4. The molecule has 0 radical (unpaired) electrons. The van der Waals surface area contributed by atoms with Crippen LogP contribution in [0.2, 0.25) is 0 Å². The summed E-state index contributed by atoms with van der Waals surface area (Å²) in [4.78, 5) is 47.7. The zero-order valence-corrected chi connectivity index (χ0v) is 12.6. The number of carboxylic acid groups (broad SMARTS) is 2. The summed E-state index contributed by atoms with van der Waals surface area (Å²) in [6.07, 6.45) is 0. The Bertz CT molecular complexity index is 863. The molecule has 1 fully saturated rings. The Labute approximate surface area is 141 Å². The van der Waals surface area contributed by atoms with Gasteiger partial charge in [0.25, 0.3) is 5.91 Å². The second kappa shape index (κ2) is 5.75. The van der Waals surface area contributed by atoms with Gasteiger partial charge in [-0.15, -0.1) is 0 Å². The number of nitrogens with one attached hydrogen (secondary N) is 2. The average molecular weight is 340 g/mol. The largest absolute Gasteiger partial charge is 0.478 e. The van der Waals surface area contributed by atoms with Crippen molar-refractivity contribution >= 4 is 23.9 Å². The first-order chi connectivity index (χ1) is 11.9. The van der Waals surface area contributed by atoms with Gasteiger partial charge < -0.3 is 15.5 Å². The summed E-state index contributed by atoms with van der Waals surface area (Å²) in [6, 6.07) is 10.4. The van der Waals surface area contributed by atoms with Crippen molar-refractivity contribution in [2.75, 3.05) is 0 Å². The van der Waals surface area contributed by atoms with Crippen LogP contribution in [0.3, 0.4) is 0 Å². The molecule has 0 saturated carbocycles. The van der Waals surface area contributed by atoms with Gasteiger partial charge in [0.1, 0.15) is 0 Å². The minimum Gasteiger partial charge on any atom is -0.478 e. The van der Waals surface area contributed by atoms with Gasteiger partial charge in [-0.25, -0.2) is 14.4 Å². The Morgan fingerprint density at radius 1 is 0.800 bits per heavy atom. The molecule has 3 rings (SSSR count). The van der Waals surface area contributed by atoms with E-state index < -0.39 is 29.4 Å². The molecule has 8 nitrogen and oxygen atoms in total. The third-order valence-corrected chi connectivity index (χ3v) is 3.99. The van der Waals surface area contributed by atoms with Crippen molar-refractivity contribution in [3.05, 3.63) is 70.8 Å². The fourth-order valence-electron chi connectivity index (χ4n) is 2.97. The van der Waals surface area contributed by atoms with Gasteiger partial charge in [0.05, 0.1) is 11.1 Å². The lowest BCUT2D eigenvalue weighted by Crippen LogP contribution is -2.47. The van der Waals surface area contributed by atoms with Crippen LogP contribution in [0.5, 0.6) is 0 Å². The van der Waals surface area contributed by atoms with E-state index in [-0.39, 0.29) is 22.3 Å². The zero-order chi connectivity index (χ0) is 18.2. The molecule has 1 aliphatic rings. The molecule has 2 aromatic carbocycles. The van der Waals surface area contributed by atoms with E-state index in [1.165, 1.54) is 48.5 Å². The molecule has 4 N–H and O–H groups in total. The van der Waals surface area contributed by atoms with E-state index in [1.807, 2.05) is 0 Å². The minimum atomic E-state index is -1.96. The molecule has 8 heteroatoms. The summed E-state index contributed by atoms with van der Waals surface area (Å²) in [7, 11) is 0. The van der Waals surface area contributed by atoms with Crippen molar-refractivity contribution < 1.29 is 29.4 Å². The Kier molecular flexibility index (Phi) is 3.72. The molecule has 25 heavy (non-hydrogen) atoms. The number of carboxylic acids is 2. The van der Waals surface area contributed by atoms with Crippen LogP contribution in [0, 0.1) is 0 Å². The number of hydrogen-bond acceptors (Lipinski definition) is 4. The number of carbonyl (C=O) groups is 4. The van der Waals surface area contributed by atoms with Crippen LogP contribution in [0.15, 0.2) is 48.5 Å². The molecule has 0 aromatic heterocycles. The van der Waals surface area contributed by atoms with Gasteiger partial charge in [0.15, 0.2) is 5.54 Å². The van der Waals surface area contributed by atoms with E-state index in [4.69, 9.17) is 0 Å². The van der Waals surface area contributed by atoms with E-state index in [0.29, 0.717) is 0 Å². The highest BCUT2D eigenvalue weighted by Crippen LogP contribution is 2.36. The number of aromatic carboxylic acids is 2. The Morgan fingerprint density at radius 3 is 1.60 bits per heavy atom. The first kappa shape index (κ1) is 16.2. The van der Waals surface area contributed by atoms with E-state index in [2.05, 4.69) is 10.6 Å². The van der Waals surface area contributed by atoms with Crippen LogP contribution in [0.25, 0.3) is 0 Å². The van der Waals surface area contributed by atoms with Crippen LogP contribution in [-0.4, -0.2) is 34.1 Å². The molecule has 126 valence electrons. The first-order valence-electron chi connectivity index (χ1n) is 7.17. The Hall–Kier alpha value is -3.68. The number of urea groups is 1. The molecule has 0 unspecified atom stereocenters. The number of hydrogen-bond donors (Lipinski definition) is 4. The van der Waals surface area contributed by atoms with Gasteiger partial charge in [-0.1, -0.05) is 36.4 Å². The van der Waals surface area contributed by atoms with Crippen molar-refractivity contribution in [2.24, 2.45) is 0 Å². The monoisotopic (exact) mass is 340 g/mol. The summed E-state index contributed by atoms with van der Waals surface area (Å²) < 4.78 is 0. The standard InChI is InChI=1S/C17H12N2O6/c20-13(21)9-5-1-3-7-11(9)17(15(24)18-16(25)19-17)12-8-4-2-6-10(12)14(22)23/h1-8H,(H,20,21)(H,22,23)(H2,18,19,24,25). The number of carbonyl (C=O) groups excluding carboxylic acids is 2. The van der Waals surface area contributed by atoms with E-state index in [9.17, 15) is 29.4 Å². The second-order valence-corrected chi connectivity index (χ2v) is 5.36. The summed E-state index contributed by atoms with van der Waals surface area (Å²) in [5.41, 5.74) is -2.46. The normalized spacial score (nSPS) is 15.4. The summed E-state index contributed by atoms with van der Waals surface area (Å²) in [6.45, 7) is 0. The molecule has 1 saturated heterocycles. The van der Waals surface area contributed by atoms with Crippen LogP contribution in [0.1, 0.15) is 31.8 Å². The van der Waals surface area contributed by atoms with Gasteiger partial charge >= 0.3 is 18.0 Å². The third-order valence-electron chi connectivity index (χ3n) is 3.99. The lowest BCUT2D eigenvalue weighted by atomic mass is 9.78.